The van der Waals surface area contributed by atoms with Crippen molar-refractivity contribution in [3.05, 3.63) is 0 Å². The van der Waals surface area contributed by atoms with Gasteiger partial charge in [-0.3, -0.25) is 4.79 Å². The van der Waals surface area contributed by atoms with Crippen molar-refractivity contribution in [3.63, 3.8) is 0 Å². The second-order valence-corrected chi connectivity index (χ2v) is 13.1. The number of hydrogen-bond acceptors (Lipinski definition) is 10. The summed E-state index contributed by atoms with van der Waals surface area (Å²) in [6, 6.07) is 0. The zero-order valence-electron chi connectivity index (χ0n) is 28.4. The van der Waals surface area contributed by atoms with Gasteiger partial charge in [0.15, 0.2) is 0 Å². The number of hydrogen-bond donors (Lipinski definition) is 2. The largest absolute Gasteiger partial charge is 0.510 e. The van der Waals surface area contributed by atoms with Crippen LogP contribution in [-0.2, 0) is 37.4 Å². The van der Waals surface area contributed by atoms with E-state index in [1.165, 1.54) is 7.05 Å². The number of carboxylic acids is 1. The highest BCUT2D eigenvalue weighted by Gasteiger charge is 2.39. The number of carboxylic acid groups (broad SMARTS) is 1. The Morgan fingerprint density at radius 1 is 0.733 bits per heavy atom. The van der Waals surface area contributed by atoms with Crippen molar-refractivity contribution in [2.24, 2.45) is 22.3 Å². The van der Waals surface area contributed by atoms with E-state index in [1.54, 1.807) is 27.7 Å². The number of aliphatic carboxylic acids is 1. The van der Waals surface area contributed by atoms with Gasteiger partial charge < -0.3 is 34.7 Å². The molecule has 3 N–H and O–H groups in total. The molecule has 0 aromatic heterocycles. The maximum Gasteiger partial charge on any atom is 0.510 e. The maximum absolute atomic E-state index is 14.0. The Hall–Kier alpha value is -2.57. The van der Waals surface area contributed by atoms with Crippen molar-refractivity contribution in [2.75, 3.05) is 26.8 Å². The molecule has 0 saturated heterocycles. The molecule has 0 rings (SSSR count). The van der Waals surface area contributed by atoms with Gasteiger partial charge in [-0.05, 0) is 12.8 Å². The van der Waals surface area contributed by atoms with Gasteiger partial charge in [0, 0.05) is 18.9 Å². The SMILES string of the molecule is CCCCCCCCOC(=O)OC(OP(=O)(/N=C(/N)N(C)CC(=O)O)OC(OC(=O)OCCCCCCCC)C(C)C)C(C)C. The van der Waals surface area contributed by atoms with Crippen molar-refractivity contribution in [1.29, 1.82) is 0 Å². The van der Waals surface area contributed by atoms with E-state index in [-0.39, 0.29) is 13.2 Å². The maximum atomic E-state index is 14.0. The monoisotopic (exact) mass is 667 g/mol. The highest BCUT2D eigenvalue weighted by Crippen LogP contribution is 2.54. The van der Waals surface area contributed by atoms with Crippen molar-refractivity contribution >= 4 is 32.0 Å². The van der Waals surface area contributed by atoms with Crippen LogP contribution in [-0.4, -0.2) is 73.6 Å². The van der Waals surface area contributed by atoms with Gasteiger partial charge in [-0.1, -0.05) is 106 Å². The lowest BCUT2D eigenvalue weighted by molar-refractivity contribution is -0.137. The van der Waals surface area contributed by atoms with E-state index in [4.69, 9.17) is 38.8 Å². The molecular weight excluding hydrogens is 609 g/mol. The smallest absolute Gasteiger partial charge is 0.480 e. The third kappa shape index (κ3) is 21.7. The Labute approximate surface area is 269 Å². The summed E-state index contributed by atoms with van der Waals surface area (Å²) >= 11 is 0. The Kier molecular flexibility index (Phi) is 23.2. The molecule has 0 aliphatic carbocycles. The summed E-state index contributed by atoms with van der Waals surface area (Å²) in [4.78, 5) is 37.0. The van der Waals surface area contributed by atoms with E-state index >= 15 is 0 Å². The van der Waals surface area contributed by atoms with Crippen LogP contribution in [0.3, 0.4) is 0 Å². The summed E-state index contributed by atoms with van der Waals surface area (Å²) in [5.41, 5.74) is 5.92. The molecule has 0 bridgehead atoms. The first-order valence-electron chi connectivity index (χ1n) is 16.2. The fraction of sp³-hybridized carbons (Fsp3) is 0.867. The van der Waals surface area contributed by atoms with Crippen LogP contribution in [0.2, 0.25) is 0 Å². The second kappa shape index (κ2) is 24.6. The molecule has 264 valence electrons. The van der Waals surface area contributed by atoms with Crippen molar-refractivity contribution < 1.29 is 52.1 Å². The zero-order chi connectivity index (χ0) is 34.3. The number of carbonyl (C=O) groups excluding carboxylic acids is 2. The van der Waals surface area contributed by atoms with E-state index in [2.05, 4.69) is 18.6 Å². The lowest BCUT2D eigenvalue weighted by atomic mass is 10.1. The lowest BCUT2D eigenvalue weighted by Crippen LogP contribution is -2.38. The average Bonchev–Trinajstić information content (AvgIpc) is 2.95. The Bertz CT molecular complexity index is 868. The third-order valence-corrected chi connectivity index (χ3v) is 7.81. The summed E-state index contributed by atoms with van der Waals surface area (Å²) in [7, 11) is -3.43. The van der Waals surface area contributed by atoms with Crippen LogP contribution in [0.1, 0.15) is 119 Å². The molecule has 0 heterocycles. The fourth-order valence-electron chi connectivity index (χ4n) is 3.71. The molecule has 0 saturated carbocycles. The number of nitrogens with two attached hydrogens (primary N) is 1. The third-order valence-electron chi connectivity index (χ3n) is 6.41. The van der Waals surface area contributed by atoms with Gasteiger partial charge in [-0.15, -0.1) is 4.76 Å². The van der Waals surface area contributed by atoms with Crippen molar-refractivity contribution in [1.82, 2.24) is 4.90 Å². The molecule has 0 radical (unpaired) electrons. The summed E-state index contributed by atoms with van der Waals surface area (Å²) in [5, 5.41) is 9.12. The first-order valence-corrected chi connectivity index (χ1v) is 17.7. The summed E-state index contributed by atoms with van der Waals surface area (Å²) < 4.78 is 50.0. The minimum atomic E-state index is -4.74. The standard InChI is InChI=1S/C30H58N3O11P/c1-8-10-12-14-16-18-20-39-29(36)41-26(23(3)4)43-45(38,32-28(31)33(7)22-25(34)35)44-27(24(5)6)42-30(37)40-21-19-17-15-13-11-9-2/h23-24,26-27H,8-22H2,1-7H3,(H,34,35)(H2,31,32,38). The quantitative estimate of drug-likeness (QED) is 0.0244. The molecule has 0 fully saturated rings. The number of carbonyl (C=O) groups is 3. The summed E-state index contributed by atoms with van der Waals surface area (Å²) in [6.07, 6.45) is 6.96. The molecule has 15 heteroatoms. The van der Waals surface area contributed by atoms with Gasteiger partial charge in [-0.2, -0.15) is 0 Å². The van der Waals surface area contributed by atoms with E-state index < -0.39 is 62.9 Å². The van der Waals surface area contributed by atoms with Gasteiger partial charge in [0.05, 0.1) is 13.2 Å². The van der Waals surface area contributed by atoms with Crippen LogP contribution in [0.5, 0.6) is 0 Å². The van der Waals surface area contributed by atoms with Crippen LogP contribution in [0.25, 0.3) is 0 Å². The van der Waals surface area contributed by atoms with Gasteiger partial charge in [-0.25, -0.2) is 23.2 Å². The topological polar surface area (TPSA) is 186 Å². The normalized spacial score (nSPS) is 14.5. The highest BCUT2D eigenvalue weighted by molar-refractivity contribution is 7.52. The van der Waals surface area contributed by atoms with E-state index in [0.29, 0.717) is 12.8 Å². The fourth-order valence-corrected chi connectivity index (χ4v) is 5.36. The van der Waals surface area contributed by atoms with Gasteiger partial charge in [0.2, 0.25) is 18.5 Å². The van der Waals surface area contributed by atoms with Gasteiger partial charge in [0.25, 0.3) is 0 Å². The van der Waals surface area contributed by atoms with E-state index in [9.17, 15) is 18.9 Å². The molecule has 45 heavy (non-hydrogen) atoms. The summed E-state index contributed by atoms with van der Waals surface area (Å²) in [6.45, 7) is 10.5. The molecule has 14 nitrogen and oxygen atoms in total. The molecule has 0 aromatic rings. The molecule has 0 spiro atoms. The first-order chi connectivity index (χ1) is 21.2. The minimum Gasteiger partial charge on any atom is -0.480 e. The second-order valence-electron chi connectivity index (χ2n) is 11.6. The molecule has 2 atom stereocenters. The number of ether oxygens (including phenoxy) is 4. The van der Waals surface area contributed by atoms with Crippen molar-refractivity contribution in [3.8, 4) is 0 Å². The molecule has 0 aliphatic rings. The number of guanidine groups is 1. The molecule has 0 amide bonds. The van der Waals surface area contributed by atoms with Crippen molar-refractivity contribution in [2.45, 2.75) is 131 Å². The van der Waals surface area contributed by atoms with Crippen LogP contribution < -0.4 is 5.73 Å². The van der Waals surface area contributed by atoms with Gasteiger partial charge in [0.1, 0.15) is 6.54 Å². The minimum absolute atomic E-state index is 0.138. The number of unbranched alkanes of at least 4 members (excludes halogenated alkanes) is 10. The average molecular weight is 668 g/mol. The van der Waals surface area contributed by atoms with E-state index in [0.717, 1.165) is 69.1 Å². The number of nitrogens with zero attached hydrogens (tertiary/aromatic N) is 2. The number of likely N-dealkylation sites (N-methyl/N-ethyl adjacent to an activating group) is 1. The van der Waals surface area contributed by atoms with E-state index in [1.807, 2.05) is 0 Å². The van der Waals surface area contributed by atoms with Gasteiger partial charge >= 0.3 is 26.0 Å². The first kappa shape index (κ1) is 42.4. The predicted molar refractivity (Wildman–Crippen MR) is 171 cm³/mol. The summed E-state index contributed by atoms with van der Waals surface area (Å²) in [5.74, 6) is -2.84. The highest BCUT2D eigenvalue weighted by atomic mass is 31.2. The Balaban J connectivity index is 5.63. The molecule has 0 aromatic carbocycles. The Morgan fingerprint density at radius 2 is 1.11 bits per heavy atom. The molecule has 0 aliphatic heterocycles. The van der Waals surface area contributed by atoms with Crippen LogP contribution in [0.15, 0.2) is 4.76 Å². The predicted octanol–water partition coefficient (Wildman–Crippen LogP) is 7.45. The van der Waals surface area contributed by atoms with Crippen LogP contribution in [0.4, 0.5) is 9.59 Å². The lowest BCUT2D eigenvalue weighted by Gasteiger charge is -2.28. The zero-order valence-corrected chi connectivity index (χ0v) is 29.3. The number of rotatable bonds is 25. The molecular formula is C30H58N3O11P. The Morgan fingerprint density at radius 3 is 1.47 bits per heavy atom. The van der Waals surface area contributed by atoms with Crippen LogP contribution in [0, 0.1) is 11.8 Å². The molecule has 2 unspecified atom stereocenters. The van der Waals surface area contributed by atoms with Crippen LogP contribution >= 0.6 is 7.75 Å².